The van der Waals surface area contributed by atoms with Crippen LogP contribution in [0.2, 0.25) is 0 Å². The minimum Gasteiger partial charge on any atom is -0.396 e. The average Bonchev–Trinajstić information content (AvgIpc) is 2.56. The van der Waals surface area contributed by atoms with Gasteiger partial charge in [-0.25, -0.2) is 4.68 Å². The molecule has 0 saturated heterocycles. The van der Waals surface area contributed by atoms with Crippen molar-refractivity contribution in [3.8, 4) is 0 Å². The summed E-state index contributed by atoms with van der Waals surface area (Å²) in [6.45, 7) is 0.781. The van der Waals surface area contributed by atoms with Crippen LogP contribution in [0.4, 0.5) is 0 Å². The first kappa shape index (κ1) is 10.3. The minimum absolute atomic E-state index is 0.139. The summed E-state index contributed by atoms with van der Waals surface area (Å²) >= 11 is 0. The van der Waals surface area contributed by atoms with Crippen molar-refractivity contribution < 1.29 is 9.90 Å². The number of aliphatic hydroxyl groups is 1. The third-order valence-corrected chi connectivity index (χ3v) is 2.93. The zero-order chi connectivity index (χ0) is 10.7. The Labute approximate surface area is 88.1 Å². The first-order chi connectivity index (χ1) is 7.36. The third-order valence-electron chi connectivity index (χ3n) is 2.93. The van der Waals surface area contributed by atoms with Crippen molar-refractivity contribution >= 4 is 6.29 Å². The highest BCUT2D eigenvalue weighted by molar-refractivity contribution is 5.73. The van der Waals surface area contributed by atoms with Gasteiger partial charge in [-0.05, 0) is 19.3 Å². The van der Waals surface area contributed by atoms with Crippen LogP contribution in [0.25, 0.3) is 0 Å². The number of aromatic nitrogens is 3. The highest BCUT2D eigenvalue weighted by Gasteiger charge is 2.27. The molecule has 5 heteroatoms. The van der Waals surface area contributed by atoms with Crippen molar-refractivity contribution in [2.75, 3.05) is 6.61 Å². The van der Waals surface area contributed by atoms with Gasteiger partial charge in [-0.15, -0.1) is 5.10 Å². The number of carbonyl (C=O) groups excluding carboxylic acids is 1. The van der Waals surface area contributed by atoms with E-state index in [1.54, 1.807) is 4.68 Å². The van der Waals surface area contributed by atoms with Gasteiger partial charge in [0.15, 0.2) is 6.29 Å². The number of rotatable bonds is 5. The fourth-order valence-corrected chi connectivity index (χ4v) is 1.90. The number of aliphatic hydroxyl groups excluding tert-OH is 1. The summed E-state index contributed by atoms with van der Waals surface area (Å²) in [6, 6.07) is 0. The maximum Gasteiger partial charge on any atom is 0.172 e. The Morgan fingerprint density at radius 3 is 2.87 bits per heavy atom. The molecule has 1 saturated carbocycles. The first-order valence-corrected chi connectivity index (χ1v) is 5.36. The normalized spacial score (nSPS) is 16.3. The molecule has 0 aliphatic heterocycles. The summed E-state index contributed by atoms with van der Waals surface area (Å²) in [5.74, 6) is 0.443. The van der Waals surface area contributed by atoms with Gasteiger partial charge in [0.05, 0.1) is 5.69 Å². The second-order valence-electron chi connectivity index (χ2n) is 3.91. The van der Waals surface area contributed by atoms with Gasteiger partial charge in [0.2, 0.25) is 0 Å². The van der Waals surface area contributed by atoms with E-state index in [1.807, 2.05) is 0 Å². The topological polar surface area (TPSA) is 68.0 Å². The van der Waals surface area contributed by atoms with Crippen LogP contribution < -0.4 is 0 Å². The minimum atomic E-state index is 0.139. The molecule has 1 heterocycles. The Morgan fingerprint density at radius 1 is 1.53 bits per heavy atom. The number of aryl methyl sites for hydroxylation is 1. The zero-order valence-corrected chi connectivity index (χ0v) is 8.59. The van der Waals surface area contributed by atoms with E-state index in [0.29, 0.717) is 24.6 Å². The molecule has 0 unspecified atom stereocenters. The van der Waals surface area contributed by atoms with Gasteiger partial charge in [0.1, 0.15) is 5.69 Å². The summed E-state index contributed by atoms with van der Waals surface area (Å²) in [5, 5.41) is 16.6. The zero-order valence-electron chi connectivity index (χ0n) is 8.59. The van der Waals surface area contributed by atoms with Gasteiger partial charge in [0.25, 0.3) is 0 Å². The molecule has 0 bridgehead atoms. The van der Waals surface area contributed by atoms with E-state index < -0.39 is 0 Å². The van der Waals surface area contributed by atoms with Crippen LogP contribution in [0.3, 0.4) is 0 Å². The first-order valence-electron chi connectivity index (χ1n) is 5.36. The lowest BCUT2D eigenvalue weighted by atomic mass is 9.82. The highest BCUT2D eigenvalue weighted by atomic mass is 16.3. The second-order valence-corrected chi connectivity index (χ2v) is 3.91. The van der Waals surface area contributed by atoms with E-state index >= 15 is 0 Å². The Hall–Kier alpha value is -1.23. The number of hydrogen-bond donors (Lipinski definition) is 1. The van der Waals surface area contributed by atoms with Gasteiger partial charge in [-0.3, -0.25) is 4.79 Å². The molecular weight excluding hydrogens is 194 g/mol. The molecule has 0 atom stereocenters. The van der Waals surface area contributed by atoms with E-state index in [2.05, 4.69) is 10.3 Å². The van der Waals surface area contributed by atoms with Crippen molar-refractivity contribution in [2.24, 2.45) is 0 Å². The Morgan fingerprint density at radius 2 is 2.33 bits per heavy atom. The standard InChI is InChI=1S/C10H15N3O2/c14-6-2-5-13-10(8-3-1-4-8)9(7-15)11-12-13/h7-8,14H,1-6H2. The largest absolute Gasteiger partial charge is 0.396 e. The van der Waals surface area contributed by atoms with Crippen LogP contribution >= 0.6 is 0 Å². The lowest BCUT2D eigenvalue weighted by Crippen LogP contribution is -2.17. The molecule has 15 heavy (non-hydrogen) atoms. The molecule has 1 aromatic rings. The molecule has 1 N–H and O–H groups in total. The molecule has 1 aliphatic carbocycles. The molecular formula is C10H15N3O2. The summed E-state index contributed by atoms with van der Waals surface area (Å²) in [4.78, 5) is 10.8. The smallest absolute Gasteiger partial charge is 0.172 e. The molecule has 5 nitrogen and oxygen atoms in total. The number of nitrogens with zero attached hydrogens (tertiary/aromatic N) is 3. The molecule has 2 rings (SSSR count). The number of carbonyl (C=O) groups is 1. The molecule has 1 fully saturated rings. The van der Waals surface area contributed by atoms with Crippen molar-refractivity contribution in [1.82, 2.24) is 15.0 Å². The fraction of sp³-hybridized carbons (Fsp3) is 0.700. The molecule has 0 radical (unpaired) electrons. The quantitative estimate of drug-likeness (QED) is 0.726. The van der Waals surface area contributed by atoms with Crippen LogP contribution in [0, 0.1) is 0 Å². The van der Waals surface area contributed by atoms with E-state index in [4.69, 9.17) is 5.11 Å². The van der Waals surface area contributed by atoms with Crippen molar-refractivity contribution in [3.63, 3.8) is 0 Å². The predicted octanol–water partition coefficient (Wildman–Crippen LogP) is 0.740. The van der Waals surface area contributed by atoms with Crippen LogP contribution in [-0.4, -0.2) is 33.0 Å². The Bertz CT molecular complexity index is 344. The van der Waals surface area contributed by atoms with E-state index in [-0.39, 0.29) is 6.61 Å². The van der Waals surface area contributed by atoms with Crippen molar-refractivity contribution in [1.29, 1.82) is 0 Å². The molecule has 1 aliphatic rings. The van der Waals surface area contributed by atoms with Crippen LogP contribution in [0.5, 0.6) is 0 Å². The fourth-order valence-electron chi connectivity index (χ4n) is 1.90. The Kier molecular flexibility index (Phi) is 3.11. The molecule has 0 spiro atoms. The maximum absolute atomic E-state index is 10.8. The van der Waals surface area contributed by atoms with E-state index in [9.17, 15) is 4.79 Å². The molecule has 1 aromatic heterocycles. The summed E-state index contributed by atoms with van der Waals surface area (Å²) < 4.78 is 1.77. The van der Waals surface area contributed by atoms with Crippen molar-refractivity contribution in [2.45, 2.75) is 38.1 Å². The van der Waals surface area contributed by atoms with E-state index in [0.717, 1.165) is 24.8 Å². The second kappa shape index (κ2) is 4.53. The molecule has 0 amide bonds. The summed E-state index contributed by atoms with van der Waals surface area (Å²) in [5.41, 5.74) is 1.43. The lowest BCUT2D eigenvalue weighted by Gasteiger charge is -2.25. The molecule has 82 valence electrons. The van der Waals surface area contributed by atoms with Gasteiger partial charge >= 0.3 is 0 Å². The third kappa shape index (κ3) is 1.92. The molecule has 0 aromatic carbocycles. The lowest BCUT2D eigenvalue weighted by molar-refractivity contribution is 0.111. The van der Waals surface area contributed by atoms with Crippen LogP contribution in [0.15, 0.2) is 0 Å². The summed E-state index contributed by atoms with van der Waals surface area (Å²) in [7, 11) is 0. The summed E-state index contributed by atoms with van der Waals surface area (Å²) in [6.07, 6.45) is 4.88. The predicted molar refractivity (Wildman–Crippen MR) is 53.7 cm³/mol. The van der Waals surface area contributed by atoms with Gasteiger partial charge in [-0.1, -0.05) is 11.6 Å². The average molecular weight is 209 g/mol. The van der Waals surface area contributed by atoms with Gasteiger partial charge in [-0.2, -0.15) is 0 Å². The van der Waals surface area contributed by atoms with Crippen LogP contribution in [0.1, 0.15) is 47.8 Å². The number of hydrogen-bond acceptors (Lipinski definition) is 4. The van der Waals surface area contributed by atoms with Gasteiger partial charge in [0, 0.05) is 19.1 Å². The maximum atomic E-state index is 10.8. The number of aldehydes is 1. The SMILES string of the molecule is O=Cc1nnn(CCCO)c1C1CCC1. The Balaban J connectivity index is 2.20. The van der Waals surface area contributed by atoms with Crippen LogP contribution in [-0.2, 0) is 6.54 Å². The van der Waals surface area contributed by atoms with E-state index in [1.165, 1.54) is 6.42 Å². The van der Waals surface area contributed by atoms with Crippen molar-refractivity contribution in [3.05, 3.63) is 11.4 Å². The highest BCUT2D eigenvalue weighted by Crippen LogP contribution is 2.37. The van der Waals surface area contributed by atoms with Gasteiger partial charge < -0.3 is 5.11 Å². The monoisotopic (exact) mass is 209 g/mol.